The number of carbonyl (C=O) groups is 1. The number of rotatable bonds is 5. The Morgan fingerprint density at radius 3 is 2.59 bits per heavy atom. The first-order valence-electron chi connectivity index (χ1n) is 8.76. The highest BCUT2D eigenvalue weighted by Crippen LogP contribution is 2.25. The van der Waals surface area contributed by atoms with Crippen LogP contribution in [0.25, 0.3) is 0 Å². The average Bonchev–Trinajstić information content (AvgIpc) is 3.01. The van der Waals surface area contributed by atoms with Crippen molar-refractivity contribution in [2.45, 2.75) is 24.8 Å². The Bertz CT molecular complexity index is 911. The maximum absolute atomic E-state index is 12.7. The van der Waals surface area contributed by atoms with Crippen molar-refractivity contribution in [1.29, 1.82) is 0 Å². The lowest BCUT2D eigenvalue weighted by molar-refractivity contribution is -0.120. The molecule has 2 aromatic rings. The van der Waals surface area contributed by atoms with Gasteiger partial charge in [-0.3, -0.25) is 4.79 Å². The van der Waals surface area contributed by atoms with E-state index in [0.717, 1.165) is 0 Å². The van der Waals surface area contributed by atoms with Gasteiger partial charge in [0.1, 0.15) is 11.6 Å². The molecule has 2 heterocycles. The van der Waals surface area contributed by atoms with Crippen LogP contribution in [-0.4, -0.2) is 48.4 Å². The molecule has 1 fully saturated rings. The number of methoxy groups -OCH3 is 1. The first-order valence-corrected chi connectivity index (χ1v) is 10.2. The number of aromatic nitrogens is 2. The maximum Gasteiger partial charge on any atom is 0.262 e. The number of anilines is 1. The number of piperidine rings is 1. The smallest absolute Gasteiger partial charge is 0.262 e. The van der Waals surface area contributed by atoms with E-state index in [1.165, 1.54) is 10.5 Å². The lowest BCUT2D eigenvalue weighted by Gasteiger charge is -2.29. The second-order valence-corrected chi connectivity index (χ2v) is 8.52. The molecule has 0 aliphatic carbocycles. The molecule has 1 aliphatic rings. The number of sulfonamides is 1. The molecule has 146 valence electrons. The van der Waals surface area contributed by atoms with Crippen molar-refractivity contribution in [2.75, 3.05) is 25.5 Å². The minimum atomic E-state index is -3.63. The van der Waals surface area contributed by atoms with Crippen molar-refractivity contribution >= 4 is 21.6 Å². The number of aryl methyl sites for hydroxylation is 2. The molecule has 0 atom stereocenters. The van der Waals surface area contributed by atoms with Crippen molar-refractivity contribution in [3.8, 4) is 5.75 Å². The van der Waals surface area contributed by atoms with Crippen molar-refractivity contribution in [3.05, 3.63) is 36.3 Å². The van der Waals surface area contributed by atoms with Crippen LogP contribution in [0.4, 0.5) is 5.69 Å². The molecular formula is C18H24N4O4S. The minimum absolute atomic E-state index is 0.0572. The van der Waals surface area contributed by atoms with Crippen molar-refractivity contribution in [2.24, 2.45) is 13.0 Å². The first-order chi connectivity index (χ1) is 12.8. The SMILES string of the molecule is COc1cccc(NC(=O)C2CCN(S(=O)(=O)c3cn(C)c(C)n3)CC2)c1. The zero-order valence-electron chi connectivity index (χ0n) is 15.7. The molecule has 1 amide bonds. The predicted molar refractivity (Wildman–Crippen MR) is 101 cm³/mol. The molecule has 9 heteroatoms. The molecule has 1 saturated heterocycles. The summed E-state index contributed by atoms with van der Waals surface area (Å²) in [5.74, 6) is 0.975. The molecule has 0 bridgehead atoms. The van der Waals surface area contributed by atoms with Crippen LogP contribution in [0.2, 0.25) is 0 Å². The highest BCUT2D eigenvalue weighted by Gasteiger charge is 2.33. The monoisotopic (exact) mass is 392 g/mol. The van der Waals surface area contributed by atoms with Gasteiger partial charge < -0.3 is 14.6 Å². The summed E-state index contributed by atoms with van der Waals surface area (Å²) in [6.45, 7) is 2.36. The van der Waals surface area contributed by atoms with Gasteiger partial charge in [0.05, 0.1) is 7.11 Å². The summed E-state index contributed by atoms with van der Waals surface area (Å²) in [5, 5.41) is 2.94. The molecule has 1 aliphatic heterocycles. The fourth-order valence-corrected chi connectivity index (χ4v) is 4.58. The van der Waals surface area contributed by atoms with Gasteiger partial charge in [0.25, 0.3) is 10.0 Å². The highest BCUT2D eigenvalue weighted by molar-refractivity contribution is 7.89. The van der Waals surface area contributed by atoms with Gasteiger partial charge in [0, 0.05) is 44.0 Å². The number of nitrogens with zero attached hydrogens (tertiary/aromatic N) is 3. The summed E-state index contributed by atoms with van der Waals surface area (Å²) in [6, 6.07) is 7.15. The van der Waals surface area contributed by atoms with Gasteiger partial charge >= 0.3 is 0 Å². The third-order valence-electron chi connectivity index (χ3n) is 4.85. The lowest BCUT2D eigenvalue weighted by Crippen LogP contribution is -2.41. The summed E-state index contributed by atoms with van der Waals surface area (Å²) < 4.78 is 33.7. The van der Waals surface area contributed by atoms with Gasteiger partial charge in [-0.25, -0.2) is 13.4 Å². The van der Waals surface area contributed by atoms with Crippen LogP contribution in [0.1, 0.15) is 18.7 Å². The normalized spacial score (nSPS) is 16.3. The molecule has 0 radical (unpaired) electrons. The van der Waals surface area contributed by atoms with E-state index >= 15 is 0 Å². The van der Waals surface area contributed by atoms with Crippen LogP contribution in [0.5, 0.6) is 5.75 Å². The van der Waals surface area contributed by atoms with Crippen LogP contribution >= 0.6 is 0 Å². The van der Waals surface area contributed by atoms with Crippen LogP contribution in [0, 0.1) is 12.8 Å². The van der Waals surface area contributed by atoms with E-state index in [1.54, 1.807) is 49.9 Å². The molecule has 1 aromatic carbocycles. The number of ether oxygens (including phenoxy) is 1. The van der Waals surface area contributed by atoms with E-state index < -0.39 is 10.0 Å². The van der Waals surface area contributed by atoms with E-state index in [9.17, 15) is 13.2 Å². The standard InChI is InChI=1S/C18H24N4O4S/c1-13-19-17(12-21(13)2)27(24,25)22-9-7-14(8-10-22)18(23)20-15-5-4-6-16(11-15)26-3/h4-6,11-12,14H,7-10H2,1-3H3,(H,20,23). The Kier molecular flexibility index (Phi) is 5.52. The molecular weight excluding hydrogens is 368 g/mol. The molecule has 8 nitrogen and oxygen atoms in total. The van der Waals surface area contributed by atoms with Gasteiger partial charge in [0.15, 0.2) is 5.03 Å². The first kappa shape index (κ1) is 19.4. The quantitative estimate of drug-likeness (QED) is 0.837. The van der Waals surface area contributed by atoms with Gasteiger partial charge in [-0.1, -0.05) is 6.07 Å². The molecule has 1 N–H and O–H groups in total. The average molecular weight is 392 g/mol. The Morgan fingerprint density at radius 2 is 2.00 bits per heavy atom. The van der Waals surface area contributed by atoms with Gasteiger partial charge in [-0.2, -0.15) is 4.31 Å². The molecule has 1 aromatic heterocycles. The second-order valence-electron chi connectivity index (χ2n) is 6.64. The van der Waals surface area contributed by atoms with Gasteiger partial charge in [0.2, 0.25) is 5.91 Å². The van der Waals surface area contributed by atoms with Crippen LogP contribution in [-0.2, 0) is 21.9 Å². The zero-order valence-corrected chi connectivity index (χ0v) is 16.5. The summed E-state index contributed by atoms with van der Waals surface area (Å²) in [5.41, 5.74) is 0.665. The van der Waals surface area contributed by atoms with Crippen LogP contribution < -0.4 is 10.1 Å². The molecule has 3 rings (SSSR count). The predicted octanol–water partition coefficient (Wildman–Crippen LogP) is 1.78. The fourth-order valence-electron chi connectivity index (χ4n) is 3.09. The highest BCUT2D eigenvalue weighted by atomic mass is 32.2. The van der Waals surface area contributed by atoms with Crippen LogP contribution in [0.15, 0.2) is 35.5 Å². The van der Waals surface area contributed by atoms with Crippen molar-refractivity contribution in [1.82, 2.24) is 13.9 Å². The maximum atomic E-state index is 12.7. The Hall–Kier alpha value is -2.39. The number of hydrogen-bond acceptors (Lipinski definition) is 5. The second kappa shape index (κ2) is 7.69. The Morgan fingerprint density at radius 1 is 1.30 bits per heavy atom. The number of benzene rings is 1. The van der Waals surface area contributed by atoms with E-state index in [0.29, 0.717) is 43.2 Å². The molecule has 0 saturated carbocycles. The van der Waals surface area contributed by atoms with E-state index in [4.69, 9.17) is 4.74 Å². The molecule has 0 unspecified atom stereocenters. The van der Waals surface area contributed by atoms with Crippen molar-refractivity contribution < 1.29 is 17.9 Å². The summed E-state index contributed by atoms with van der Waals surface area (Å²) in [7, 11) is -0.298. The third-order valence-corrected chi connectivity index (χ3v) is 6.62. The van der Waals surface area contributed by atoms with Crippen molar-refractivity contribution in [3.63, 3.8) is 0 Å². The largest absolute Gasteiger partial charge is 0.497 e. The Labute approximate surface area is 159 Å². The topological polar surface area (TPSA) is 93.5 Å². The van der Waals surface area contributed by atoms with E-state index in [2.05, 4.69) is 10.3 Å². The third kappa shape index (κ3) is 4.14. The summed E-state index contributed by atoms with van der Waals surface area (Å²) in [6.07, 6.45) is 2.47. The number of amides is 1. The number of hydrogen-bond donors (Lipinski definition) is 1. The number of imidazole rings is 1. The minimum Gasteiger partial charge on any atom is -0.497 e. The summed E-state index contributed by atoms with van der Waals surface area (Å²) in [4.78, 5) is 16.6. The number of carbonyl (C=O) groups excluding carboxylic acids is 1. The van der Waals surface area contributed by atoms with Gasteiger partial charge in [-0.05, 0) is 31.9 Å². The lowest BCUT2D eigenvalue weighted by atomic mass is 9.97. The molecule has 0 spiro atoms. The summed E-state index contributed by atoms with van der Waals surface area (Å²) >= 11 is 0. The zero-order chi connectivity index (χ0) is 19.6. The molecule has 27 heavy (non-hydrogen) atoms. The number of nitrogens with one attached hydrogen (secondary N) is 1. The Balaban J connectivity index is 1.61. The van der Waals surface area contributed by atoms with Crippen LogP contribution in [0.3, 0.4) is 0 Å². The van der Waals surface area contributed by atoms with Gasteiger partial charge in [-0.15, -0.1) is 0 Å². The van der Waals surface area contributed by atoms with E-state index in [-0.39, 0.29) is 16.9 Å². The fraction of sp³-hybridized carbons (Fsp3) is 0.444. The van der Waals surface area contributed by atoms with E-state index in [1.807, 2.05) is 0 Å².